The Morgan fingerprint density at radius 2 is 1.93 bits per heavy atom. The zero-order valence-corrected chi connectivity index (χ0v) is 17.2. The van der Waals surface area contributed by atoms with Gasteiger partial charge < -0.3 is 10.2 Å². The van der Waals surface area contributed by atoms with Crippen molar-refractivity contribution in [3.63, 3.8) is 0 Å². The molecule has 1 aliphatic carbocycles. The highest BCUT2D eigenvalue weighted by Crippen LogP contribution is 2.22. The fourth-order valence-corrected chi connectivity index (χ4v) is 3.35. The van der Waals surface area contributed by atoms with Gasteiger partial charge in [0.2, 0.25) is 5.91 Å². The summed E-state index contributed by atoms with van der Waals surface area (Å²) in [6.07, 6.45) is 8.52. The van der Waals surface area contributed by atoms with Crippen molar-refractivity contribution in [1.82, 2.24) is 15.1 Å². The number of unbranched alkanes of at least 4 members (excludes halogenated alkanes) is 2. The van der Waals surface area contributed by atoms with Crippen molar-refractivity contribution in [1.29, 1.82) is 0 Å². The lowest BCUT2D eigenvalue weighted by molar-refractivity contribution is -0.129. The fraction of sp³-hybridized carbons (Fsp3) is 0.619. The van der Waals surface area contributed by atoms with E-state index in [0.717, 1.165) is 45.3 Å². The van der Waals surface area contributed by atoms with Gasteiger partial charge in [0.15, 0.2) is 0 Å². The number of nitrogens with one attached hydrogen (secondary N) is 1. The highest BCUT2D eigenvalue weighted by atomic mass is 16.2. The Bertz CT molecular complexity index is 677. The van der Waals surface area contributed by atoms with Crippen LogP contribution in [0.1, 0.15) is 46.5 Å². The van der Waals surface area contributed by atoms with E-state index in [0.29, 0.717) is 24.4 Å². The second-order valence-electron chi connectivity index (χ2n) is 7.09. The van der Waals surface area contributed by atoms with Crippen molar-refractivity contribution in [3.8, 4) is 0 Å². The predicted octanol–water partition coefficient (Wildman–Crippen LogP) is 2.54. The van der Waals surface area contributed by atoms with Gasteiger partial charge in [0, 0.05) is 18.7 Å². The summed E-state index contributed by atoms with van der Waals surface area (Å²) < 4.78 is 0. The van der Waals surface area contributed by atoms with Crippen LogP contribution in [0, 0.1) is 5.92 Å². The molecule has 1 atom stereocenters. The molecule has 0 saturated carbocycles. The minimum atomic E-state index is -0.571. The molecule has 1 N–H and O–H groups in total. The van der Waals surface area contributed by atoms with Crippen LogP contribution >= 0.6 is 0 Å². The largest absolute Gasteiger partial charge is 0.352 e. The van der Waals surface area contributed by atoms with Crippen molar-refractivity contribution in [2.24, 2.45) is 10.9 Å². The van der Waals surface area contributed by atoms with Gasteiger partial charge in [-0.2, -0.15) is 4.99 Å². The molecule has 1 heterocycles. The van der Waals surface area contributed by atoms with E-state index in [2.05, 4.69) is 36.0 Å². The molecule has 28 heavy (non-hydrogen) atoms. The van der Waals surface area contributed by atoms with E-state index in [1.807, 2.05) is 0 Å². The van der Waals surface area contributed by atoms with Crippen LogP contribution < -0.4 is 5.32 Å². The molecule has 7 nitrogen and oxygen atoms in total. The van der Waals surface area contributed by atoms with Gasteiger partial charge in [0.25, 0.3) is 5.91 Å². The highest BCUT2D eigenvalue weighted by Gasteiger charge is 2.36. The molecule has 0 saturated heterocycles. The van der Waals surface area contributed by atoms with Gasteiger partial charge in [0.05, 0.1) is 11.6 Å². The van der Waals surface area contributed by atoms with Gasteiger partial charge in [-0.3, -0.25) is 14.5 Å². The van der Waals surface area contributed by atoms with Gasteiger partial charge in [0.1, 0.15) is 0 Å². The number of hydrogen-bond acceptors (Lipinski definition) is 4. The first-order valence-corrected chi connectivity index (χ1v) is 10.4. The van der Waals surface area contributed by atoms with Gasteiger partial charge in [-0.1, -0.05) is 45.8 Å². The van der Waals surface area contributed by atoms with Crippen LogP contribution in [0.25, 0.3) is 0 Å². The third kappa shape index (κ3) is 5.61. The average molecular weight is 389 g/mol. The number of urea groups is 1. The molecule has 0 aromatic heterocycles. The van der Waals surface area contributed by atoms with Crippen LogP contribution in [0.4, 0.5) is 4.79 Å². The number of carbonyl (C=O) groups is 3. The predicted molar refractivity (Wildman–Crippen MR) is 110 cm³/mol. The maximum atomic E-state index is 12.6. The van der Waals surface area contributed by atoms with E-state index in [1.165, 1.54) is 4.90 Å². The van der Waals surface area contributed by atoms with Crippen LogP contribution in [0.2, 0.25) is 0 Å². The zero-order chi connectivity index (χ0) is 20.5. The molecular formula is C21H32N4O3. The van der Waals surface area contributed by atoms with Gasteiger partial charge >= 0.3 is 6.03 Å². The Kier molecular flexibility index (Phi) is 8.57. The molecule has 7 heteroatoms. The van der Waals surface area contributed by atoms with E-state index in [1.54, 1.807) is 18.2 Å². The lowest BCUT2D eigenvalue weighted by atomic mass is 9.91. The summed E-state index contributed by atoms with van der Waals surface area (Å²) in [6, 6.07) is -0.530. The molecule has 1 aliphatic heterocycles. The molecule has 0 fully saturated rings. The number of imide groups is 1. The molecule has 0 spiro atoms. The van der Waals surface area contributed by atoms with Crippen LogP contribution in [0.3, 0.4) is 0 Å². The lowest BCUT2D eigenvalue weighted by Gasteiger charge is -2.29. The second-order valence-corrected chi connectivity index (χ2v) is 7.09. The van der Waals surface area contributed by atoms with Crippen molar-refractivity contribution >= 4 is 23.6 Å². The van der Waals surface area contributed by atoms with Gasteiger partial charge in [-0.05, 0) is 38.6 Å². The van der Waals surface area contributed by atoms with E-state index in [-0.39, 0.29) is 11.8 Å². The van der Waals surface area contributed by atoms with E-state index in [4.69, 9.17) is 0 Å². The summed E-state index contributed by atoms with van der Waals surface area (Å²) in [5.74, 6) is -1.03. The van der Waals surface area contributed by atoms with Crippen LogP contribution in [0.15, 0.2) is 28.8 Å². The Morgan fingerprint density at radius 3 is 2.61 bits per heavy atom. The number of rotatable bonds is 11. The number of aliphatic imine (C=N–C) groups is 1. The monoisotopic (exact) mass is 388 g/mol. The maximum Gasteiger partial charge on any atom is 0.350 e. The van der Waals surface area contributed by atoms with Crippen molar-refractivity contribution < 1.29 is 14.4 Å². The third-order valence-electron chi connectivity index (χ3n) is 5.16. The molecule has 0 radical (unpaired) electrons. The second kappa shape index (κ2) is 10.9. The van der Waals surface area contributed by atoms with Crippen LogP contribution in [0.5, 0.6) is 0 Å². The Labute approximate surface area is 167 Å². The molecule has 0 bridgehead atoms. The molecule has 0 aromatic rings. The Hall–Kier alpha value is -2.28. The van der Waals surface area contributed by atoms with Crippen LogP contribution in [-0.2, 0) is 9.59 Å². The summed E-state index contributed by atoms with van der Waals surface area (Å²) >= 11 is 0. The smallest absolute Gasteiger partial charge is 0.350 e. The number of nitrogens with zero attached hydrogens (tertiary/aromatic N) is 3. The first-order chi connectivity index (χ1) is 13.5. The lowest BCUT2D eigenvalue weighted by Crippen LogP contribution is -2.46. The fourth-order valence-electron chi connectivity index (χ4n) is 3.35. The SMILES string of the molecule is CCCCCN1C(=O)N=C2C=C(C(=O)NCCCN(CC)CC)C=CC2C1=O. The van der Waals surface area contributed by atoms with Gasteiger partial charge in [-0.15, -0.1) is 0 Å². The van der Waals surface area contributed by atoms with Gasteiger partial charge in [-0.25, -0.2) is 4.79 Å². The maximum absolute atomic E-state index is 12.6. The molecule has 154 valence electrons. The Balaban J connectivity index is 1.93. The standard InChI is InChI=1S/C21H32N4O3/c1-4-7-8-14-25-20(27)17-11-10-16(15-18(17)23-21(25)28)19(26)22-12-9-13-24(5-2)6-3/h10-11,15,17H,4-9,12-14H2,1-3H3,(H,22,26). The number of allylic oxidation sites excluding steroid dienone is 1. The molecule has 2 rings (SSSR count). The topological polar surface area (TPSA) is 82.1 Å². The van der Waals surface area contributed by atoms with Crippen molar-refractivity contribution in [3.05, 3.63) is 23.8 Å². The number of carbonyl (C=O) groups excluding carboxylic acids is 3. The average Bonchev–Trinajstić information content (AvgIpc) is 2.70. The van der Waals surface area contributed by atoms with Crippen molar-refractivity contribution in [2.45, 2.75) is 46.5 Å². The van der Waals surface area contributed by atoms with Crippen molar-refractivity contribution in [2.75, 3.05) is 32.7 Å². The molecule has 4 amide bonds. The first-order valence-electron chi connectivity index (χ1n) is 10.4. The van der Waals surface area contributed by atoms with Crippen LogP contribution in [-0.4, -0.2) is 66.1 Å². The normalized spacial score (nSPS) is 18.9. The van der Waals surface area contributed by atoms with E-state index >= 15 is 0 Å². The quantitative estimate of drug-likeness (QED) is 0.552. The molecule has 1 unspecified atom stereocenters. The first kappa shape index (κ1) is 22.0. The third-order valence-corrected chi connectivity index (χ3v) is 5.16. The summed E-state index contributed by atoms with van der Waals surface area (Å²) in [4.78, 5) is 44.8. The summed E-state index contributed by atoms with van der Waals surface area (Å²) in [7, 11) is 0. The highest BCUT2D eigenvalue weighted by molar-refractivity contribution is 6.23. The molecule has 2 aliphatic rings. The summed E-state index contributed by atoms with van der Waals surface area (Å²) in [6.45, 7) is 10.2. The number of amides is 4. The minimum absolute atomic E-state index is 0.206. The summed E-state index contributed by atoms with van der Waals surface area (Å²) in [5.41, 5.74) is 0.787. The Morgan fingerprint density at radius 1 is 1.18 bits per heavy atom. The molecule has 0 aromatic carbocycles. The number of fused-ring (bicyclic) bond motifs is 1. The number of hydrogen-bond donors (Lipinski definition) is 1. The van der Waals surface area contributed by atoms with E-state index < -0.39 is 11.9 Å². The summed E-state index contributed by atoms with van der Waals surface area (Å²) in [5, 5.41) is 2.90. The minimum Gasteiger partial charge on any atom is -0.352 e. The zero-order valence-electron chi connectivity index (χ0n) is 17.2. The van der Waals surface area contributed by atoms with E-state index in [9.17, 15) is 14.4 Å². The molecular weight excluding hydrogens is 356 g/mol.